The molecule has 2 rings (SSSR count). The molecule has 2 aromatic heterocycles. The zero-order valence-electron chi connectivity index (χ0n) is 11.5. The molecular formula is C13H17BrN4S. The quantitative estimate of drug-likeness (QED) is 0.913. The summed E-state index contributed by atoms with van der Waals surface area (Å²) >= 11 is 5.09. The number of rotatable bonds is 3. The molecule has 0 amide bonds. The molecule has 0 bridgehead atoms. The van der Waals surface area contributed by atoms with Gasteiger partial charge in [-0.3, -0.25) is 0 Å². The molecule has 102 valence electrons. The predicted octanol–water partition coefficient (Wildman–Crippen LogP) is 4.09. The van der Waals surface area contributed by atoms with Crippen molar-refractivity contribution >= 4 is 33.1 Å². The first-order valence-electron chi connectivity index (χ1n) is 6.14. The van der Waals surface area contributed by atoms with Gasteiger partial charge in [0.1, 0.15) is 11.5 Å². The first kappa shape index (κ1) is 14.4. The van der Waals surface area contributed by atoms with Gasteiger partial charge in [0.25, 0.3) is 0 Å². The lowest BCUT2D eigenvalue weighted by atomic mass is 9.98. The van der Waals surface area contributed by atoms with Crippen LogP contribution in [-0.2, 0) is 5.41 Å². The Morgan fingerprint density at radius 2 is 2.05 bits per heavy atom. The molecule has 0 fully saturated rings. The fourth-order valence-electron chi connectivity index (χ4n) is 1.50. The Morgan fingerprint density at radius 3 is 2.63 bits per heavy atom. The van der Waals surface area contributed by atoms with Crippen LogP contribution in [0.3, 0.4) is 0 Å². The van der Waals surface area contributed by atoms with E-state index in [4.69, 9.17) is 0 Å². The molecule has 4 nitrogen and oxygen atoms in total. The summed E-state index contributed by atoms with van der Waals surface area (Å²) in [4.78, 5) is 13.5. The zero-order chi connectivity index (χ0) is 14.0. The number of hydrogen-bond donors (Lipinski definition) is 1. The van der Waals surface area contributed by atoms with E-state index in [0.29, 0.717) is 5.82 Å². The van der Waals surface area contributed by atoms with Crippen LogP contribution in [0.2, 0.25) is 0 Å². The third-order valence-electron chi connectivity index (χ3n) is 2.46. The van der Waals surface area contributed by atoms with Crippen molar-refractivity contribution in [1.82, 2.24) is 15.0 Å². The Bertz CT molecular complexity index is 574. The van der Waals surface area contributed by atoms with Crippen molar-refractivity contribution in [2.45, 2.75) is 33.1 Å². The van der Waals surface area contributed by atoms with E-state index in [9.17, 15) is 0 Å². The molecule has 0 atom stereocenters. The fraction of sp³-hybridized carbons (Fsp3) is 0.462. The van der Waals surface area contributed by atoms with Crippen molar-refractivity contribution in [3.8, 4) is 11.5 Å². The molecule has 6 heteroatoms. The minimum atomic E-state index is 0.0583. The van der Waals surface area contributed by atoms with Crippen LogP contribution in [-0.4, -0.2) is 21.5 Å². The molecule has 2 aromatic rings. The van der Waals surface area contributed by atoms with Crippen molar-refractivity contribution in [3.63, 3.8) is 0 Å². The number of aromatic nitrogens is 3. The highest BCUT2D eigenvalue weighted by Gasteiger charge is 2.19. The molecule has 0 aliphatic rings. The monoisotopic (exact) mass is 340 g/mol. The maximum atomic E-state index is 4.63. The third-order valence-corrected chi connectivity index (χ3v) is 4.31. The SMILES string of the molecule is CCNc1nc(-c2csc(C(C)(C)C)n2)ncc1Br. The Hall–Kier alpha value is -1.01. The summed E-state index contributed by atoms with van der Waals surface area (Å²) in [6, 6.07) is 0. The smallest absolute Gasteiger partial charge is 0.181 e. The molecule has 19 heavy (non-hydrogen) atoms. The number of nitrogens with zero attached hydrogens (tertiary/aromatic N) is 3. The van der Waals surface area contributed by atoms with E-state index in [-0.39, 0.29) is 5.41 Å². The van der Waals surface area contributed by atoms with Gasteiger partial charge in [0, 0.05) is 23.5 Å². The van der Waals surface area contributed by atoms with E-state index < -0.39 is 0 Å². The molecule has 0 aromatic carbocycles. The lowest BCUT2D eigenvalue weighted by Crippen LogP contribution is -2.10. The molecule has 0 spiro atoms. The molecule has 0 saturated carbocycles. The molecule has 0 saturated heterocycles. The van der Waals surface area contributed by atoms with Crippen LogP contribution in [0.5, 0.6) is 0 Å². The summed E-state index contributed by atoms with van der Waals surface area (Å²) < 4.78 is 0.865. The molecule has 0 radical (unpaired) electrons. The minimum Gasteiger partial charge on any atom is -0.369 e. The van der Waals surface area contributed by atoms with Gasteiger partial charge in [-0.05, 0) is 22.9 Å². The first-order chi connectivity index (χ1) is 8.91. The summed E-state index contributed by atoms with van der Waals surface area (Å²) in [5, 5.41) is 6.31. The van der Waals surface area contributed by atoms with Crippen LogP contribution >= 0.6 is 27.3 Å². The largest absolute Gasteiger partial charge is 0.369 e. The number of hydrogen-bond acceptors (Lipinski definition) is 5. The van der Waals surface area contributed by atoms with E-state index in [0.717, 1.165) is 27.5 Å². The summed E-state index contributed by atoms with van der Waals surface area (Å²) in [5.41, 5.74) is 0.893. The summed E-state index contributed by atoms with van der Waals surface area (Å²) in [5.74, 6) is 1.46. The van der Waals surface area contributed by atoms with Gasteiger partial charge in [-0.1, -0.05) is 20.8 Å². The minimum absolute atomic E-state index is 0.0583. The summed E-state index contributed by atoms with van der Waals surface area (Å²) in [7, 11) is 0. The molecule has 0 aliphatic carbocycles. The van der Waals surface area contributed by atoms with Crippen LogP contribution < -0.4 is 5.32 Å². The average molecular weight is 341 g/mol. The molecule has 0 aliphatic heterocycles. The van der Waals surface area contributed by atoms with Gasteiger partial charge >= 0.3 is 0 Å². The van der Waals surface area contributed by atoms with E-state index in [2.05, 4.69) is 57.0 Å². The van der Waals surface area contributed by atoms with Gasteiger partial charge in [-0.25, -0.2) is 15.0 Å². The number of nitrogens with one attached hydrogen (secondary N) is 1. The second kappa shape index (κ2) is 5.54. The van der Waals surface area contributed by atoms with Gasteiger partial charge in [0.2, 0.25) is 0 Å². The van der Waals surface area contributed by atoms with Crippen molar-refractivity contribution in [2.24, 2.45) is 0 Å². The summed E-state index contributed by atoms with van der Waals surface area (Å²) in [6.07, 6.45) is 1.76. The van der Waals surface area contributed by atoms with Crippen LogP contribution in [0.15, 0.2) is 16.0 Å². The van der Waals surface area contributed by atoms with E-state index >= 15 is 0 Å². The van der Waals surface area contributed by atoms with Crippen molar-refractivity contribution < 1.29 is 0 Å². The first-order valence-corrected chi connectivity index (χ1v) is 7.82. The number of anilines is 1. The maximum absolute atomic E-state index is 4.63. The highest BCUT2D eigenvalue weighted by atomic mass is 79.9. The fourth-order valence-corrected chi connectivity index (χ4v) is 2.72. The Balaban J connectivity index is 2.36. The highest BCUT2D eigenvalue weighted by Crippen LogP contribution is 2.29. The van der Waals surface area contributed by atoms with E-state index in [1.54, 1.807) is 17.5 Å². The maximum Gasteiger partial charge on any atom is 0.181 e. The molecule has 0 unspecified atom stereocenters. The molecule has 1 N–H and O–H groups in total. The standard InChI is InChI=1S/C13H17BrN4S/c1-5-15-10-8(14)6-16-11(18-10)9-7-19-12(17-9)13(2,3)4/h6-7H,5H2,1-4H3,(H,15,16,18). The zero-order valence-corrected chi connectivity index (χ0v) is 13.9. The Morgan fingerprint density at radius 1 is 1.32 bits per heavy atom. The molecule has 2 heterocycles. The Kier molecular flexibility index (Phi) is 4.20. The van der Waals surface area contributed by atoms with Crippen LogP contribution in [0.4, 0.5) is 5.82 Å². The van der Waals surface area contributed by atoms with E-state index in [1.165, 1.54) is 0 Å². The van der Waals surface area contributed by atoms with Crippen molar-refractivity contribution in [1.29, 1.82) is 0 Å². The lowest BCUT2D eigenvalue weighted by molar-refractivity contribution is 0.586. The average Bonchev–Trinajstić information content (AvgIpc) is 2.81. The van der Waals surface area contributed by atoms with Crippen LogP contribution in [0.1, 0.15) is 32.7 Å². The molecular weight excluding hydrogens is 324 g/mol. The third kappa shape index (κ3) is 3.30. The van der Waals surface area contributed by atoms with Gasteiger partial charge in [0.05, 0.1) is 9.48 Å². The van der Waals surface area contributed by atoms with E-state index in [1.807, 2.05) is 12.3 Å². The highest BCUT2D eigenvalue weighted by molar-refractivity contribution is 9.10. The number of thiazole rings is 1. The number of halogens is 1. The van der Waals surface area contributed by atoms with Gasteiger partial charge in [-0.2, -0.15) is 0 Å². The van der Waals surface area contributed by atoms with Gasteiger partial charge in [0.15, 0.2) is 5.82 Å². The topological polar surface area (TPSA) is 50.7 Å². The van der Waals surface area contributed by atoms with Crippen LogP contribution in [0, 0.1) is 0 Å². The predicted molar refractivity (Wildman–Crippen MR) is 83.7 cm³/mol. The van der Waals surface area contributed by atoms with Gasteiger partial charge < -0.3 is 5.32 Å². The Labute approximate surface area is 125 Å². The van der Waals surface area contributed by atoms with Crippen molar-refractivity contribution in [2.75, 3.05) is 11.9 Å². The van der Waals surface area contributed by atoms with Crippen molar-refractivity contribution in [3.05, 3.63) is 21.1 Å². The van der Waals surface area contributed by atoms with Crippen LogP contribution in [0.25, 0.3) is 11.5 Å². The second-order valence-electron chi connectivity index (χ2n) is 5.21. The normalized spacial score (nSPS) is 11.6. The lowest BCUT2D eigenvalue weighted by Gasteiger charge is -2.13. The second-order valence-corrected chi connectivity index (χ2v) is 6.92. The van der Waals surface area contributed by atoms with Gasteiger partial charge in [-0.15, -0.1) is 11.3 Å². The summed E-state index contributed by atoms with van der Waals surface area (Å²) in [6.45, 7) is 9.32.